The Labute approximate surface area is 109 Å². The maximum absolute atomic E-state index is 5.79. The normalized spacial score (nSPS) is 14.5. The zero-order valence-corrected chi connectivity index (χ0v) is 11.1. The molecule has 2 heterocycles. The first-order chi connectivity index (χ1) is 8.24. The minimum absolute atomic E-state index is 0.364. The lowest BCUT2D eigenvalue weighted by atomic mass is 9.99. The fourth-order valence-electron chi connectivity index (χ4n) is 2.04. The third-order valence-electron chi connectivity index (χ3n) is 2.98. The van der Waals surface area contributed by atoms with Crippen molar-refractivity contribution < 1.29 is 4.74 Å². The van der Waals surface area contributed by atoms with Crippen LogP contribution in [0.4, 0.5) is 0 Å². The van der Waals surface area contributed by atoms with Crippen LogP contribution in [0.3, 0.4) is 0 Å². The largest absolute Gasteiger partial charge is 0.438 e. The zero-order valence-electron chi connectivity index (χ0n) is 9.48. The Hall–Kier alpha value is -1.35. The van der Waals surface area contributed by atoms with Crippen molar-refractivity contribution >= 4 is 15.9 Å². The van der Waals surface area contributed by atoms with Crippen LogP contribution in [-0.2, 0) is 6.42 Å². The van der Waals surface area contributed by atoms with Crippen LogP contribution in [0.2, 0.25) is 0 Å². The number of hydrogen-bond acceptors (Lipinski definition) is 2. The summed E-state index contributed by atoms with van der Waals surface area (Å²) in [7, 11) is 0. The van der Waals surface area contributed by atoms with Crippen LogP contribution in [0, 0.1) is 0 Å². The molecule has 17 heavy (non-hydrogen) atoms. The molecule has 1 aliphatic rings. The van der Waals surface area contributed by atoms with E-state index in [1.807, 2.05) is 12.1 Å². The van der Waals surface area contributed by atoms with Crippen molar-refractivity contribution in [3.8, 4) is 11.6 Å². The molecule has 3 heteroatoms. The Bertz CT molecular complexity index is 566. The summed E-state index contributed by atoms with van der Waals surface area (Å²) in [5.41, 5.74) is 3.66. The van der Waals surface area contributed by atoms with Crippen LogP contribution in [0.15, 0.2) is 36.5 Å². The first-order valence-electron chi connectivity index (χ1n) is 5.62. The molecule has 0 amide bonds. The lowest BCUT2D eigenvalue weighted by molar-refractivity contribution is 0.440. The van der Waals surface area contributed by atoms with Crippen molar-refractivity contribution in [2.75, 3.05) is 0 Å². The summed E-state index contributed by atoms with van der Waals surface area (Å²) >= 11 is 3.59. The van der Waals surface area contributed by atoms with Gasteiger partial charge in [-0.15, -0.1) is 0 Å². The lowest BCUT2D eigenvalue weighted by Crippen LogP contribution is -2.05. The first-order valence-corrected chi connectivity index (χ1v) is 6.54. The second-order valence-corrected chi connectivity index (χ2v) is 5.60. The molecular weight excluding hydrogens is 278 g/mol. The van der Waals surface area contributed by atoms with Crippen molar-refractivity contribution in [3.05, 3.63) is 53.2 Å². The van der Waals surface area contributed by atoms with Crippen LogP contribution in [0.1, 0.15) is 28.4 Å². The molecule has 0 N–H and O–H groups in total. The quantitative estimate of drug-likeness (QED) is 0.625. The molecule has 0 radical (unpaired) electrons. The second-order valence-electron chi connectivity index (χ2n) is 4.23. The molecule has 1 atom stereocenters. The Morgan fingerprint density at radius 1 is 1.29 bits per heavy atom. The number of hydrogen-bond donors (Lipinski definition) is 0. The van der Waals surface area contributed by atoms with E-state index in [4.69, 9.17) is 4.74 Å². The number of pyridine rings is 1. The Morgan fingerprint density at radius 2 is 2.18 bits per heavy atom. The van der Waals surface area contributed by atoms with E-state index >= 15 is 0 Å². The second kappa shape index (κ2) is 4.15. The average molecular weight is 290 g/mol. The zero-order chi connectivity index (χ0) is 11.8. The van der Waals surface area contributed by atoms with Crippen molar-refractivity contribution in [1.29, 1.82) is 0 Å². The van der Waals surface area contributed by atoms with E-state index in [0.717, 1.165) is 23.6 Å². The van der Waals surface area contributed by atoms with Crippen molar-refractivity contribution in [2.24, 2.45) is 0 Å². The van der Waals surface area contributed by atoms with Gasteiger partial charge >= 0.3 is 0 Å². The van der Waals surface area contributed by atoms with Gasteiger partial charge in [-0.25, -0.2) is 4.98 Å². The van der Waals surface area contributed by atoms with Gasteiger partial charge in [-0.2, -0.15) is 0 Å². The number of nitrogens with zero attached hydrogens (tertiary/aromatic N) is 1. The smallest absolute Gasteiger partial charge is 0.222 e. The van der Waals surface area contributed by atoms with Gasteiger partial charge in [-0.3, -0.25) is 0 Å². The predicted molar refractivity (Wildman–Crippen MR) is 70.9 cm³/mol. The van der Waals surface area contributed by atoms with E-state index < -0.39 is 0 Å². The highest BCUT2D eigenvalue weighted by Gasteiger charge is 2.18. The predicted octanol–water partition coefficient (Wildman–Crippen LogP) is 4.23. The number of alkyl halides is 1. The number of ether oxygens (including phenoxy) is 1. The fourth-order valence-corrected chi connectivity index (χ4v) is 2.33. The molecular formula is C14H12BrNO. The summed E-state index contributed by atoms with van der Waals surface area (Å²) in [4.78, 5) is 4.61. The van der Waals surface area contributed by atoms with Gasteiger partial charge in [0.25, 0.3) is 0 Å². The summed E-state index contributed by atoms with van der Waals surface area (Å²) in [6.45, 7) is 2.13. The highest BCUT2D eigenvalue weighted by molar-refractivity contribution is 9.09. The Kier molecular flexibility index (Phi) is 2.63. The van der Waals surface area contributed by atoms with Crippen molar-refractivity contribution in [3.63, 3.8) is 0 Å². The molecule has 0 spiro atoms. The van der Waals surface area contributed by atoms with E-state index in [1.165, 1.54) is 11.1 Å². The topological polar surface area (TPSA) is 22.1 Å². The Morgan fingerprint density at radius 3 is 3.00 bits per heavy atom. The first kappa shape index (κ1) is 10.8. The monoisotopic (exact) mass is 289 g/mol. The van der Waals surface area contributed by atoms with E-state index in [1.54, 1.807) is 6.20 Å². The van der Waals surface area contributed by atoms with Gasteiger partial charge in [0.2, 0.25) is 5.88 Å². The van der Waals surface area contributed by atoms with Crippen molar-refractivity contribution in [2.45, 2.75) is 18.2 Å². The van der Waals surface area contributed by atoms with Crippen molar-refractivity contribution in [1.82, 2.24) is 4.98 Å². The highest BCUT2D eigenvalue weighted by atomic mass is 79.9. The molecule has 0 bridgehead atoms. The molecule has 0 saturated carbocycles. The molecule has 3 rings (SSSR count). The summed E-state index contributed by atoms with van der Waals surface area (Å²) in [5.74, 6) is 1.66. The van der Waals surface area contributed by atoms with Crippen LogP contribution in [0.25, 0.3) is 0 Å². The molecule has 0 saturated heterocycles. The minimum atomic E-state index is 0.364. The number of rotatable bonds is 1. The number of fused-ring (bicyclic) bond motifs is 2. The fraction of sp³-hybridized carbons (Fsp3) is 0.214. The maximum Gasteiger partial charge on any atom is 0.222 e. The molecule has 1 unspecified atom stereocenters. The standard InChI is InChI=1S/C14H12BrNO/c1-9(15)10-4-5-13-12(7-10)8-11-3-2-6-16-14(11)17-13/h2-7,9H,8H2,1H3. The molecule has 86 valence electrons. The molecule has 0 fully saturated rings. The highest BCUT2D eigenvalue weighted by Crippen LogP contribution is 2.36. The Balaban J connectivity index is 2.03. The molecule has 1 aliphatic heterocycles. The van der Waals surface area contributed by atoms with Crippen LogP contribution in [-0.4, -0.2) is 4.98 Å². The third kappa shape index (κ3) is 1.95. The summed E-state index contributed by atoms with van der Waals surface area (Å²) in [6.07, 6.45) is 2.66. The van der Waals surface area contributed by atoms with E-state index in [2.05, 4.69) is 46.0 Å². The van der Waals surface area contributed by atoms with Crippen LogP contribution in [0.5, 0.6) is 11.6 Å². The van der Waals surface area contributed by atoms with Crippen LogP contribution >= 0.6 is 15.9 Å². The van der Waals surface area contributed by atoms with Gasteiger partial charge in [0.15, 0.2) is 0 Å². The van der Waals surface area contributed by atoms with Gasteiger partial charge in [0, 0.05) is 23.0 Å². The van der Waals surface area contributed by atoms with Gasteiger partial charge in [-0.05, 0) is 30.2 Å². The summed E-state index contributed by atoms with van der Waals surface area (Å²) in [5, 5.41) is 0. The molecule has 2 nitrogen and oxygen atoms in total. The van der Waals surface area contributed by atoms with E-state index in [0.29, 0.717) is 4.83 Å². The average Bonchev–Trinajstić information content (AvgIpc) is 2.35. The minimum Gasteiger partial charge on any atom is -0.438 e. The summed E-state index contributed by atoms with van der Waals surface area (Å²) < 4.78 is 5.79. The number of halogens is 1. The maximum atomic E-state index is 5.79. The van der Waals surface area contributed by atoms with E-state index in [9.17, 15) is 0 Å². The van der Waals surface area contributed by atoms with Crippen LogP contribution < -0.4 is 4.74 Å². The van der Waals surface area contributed by atoms with Gasteiger partial charge in [0.1, 0.15) is 5.75 Å². The molecule has 1 aromatic heterocycles. The summed E-state index contributed by atoms with van der Waals surface area (Å²) in [6, 6.07) is 10.3. The number of benzene rings is 1. The molecule has 1 aromatic carbocycles. The van der Waals surface area contributed by atoms with Gasteiger partial charge < -0.3 is 4.74 Å². The SMILES string of the molecule is CC(Br)c1ccc2c(c1)Cc1cccnc1O2. The molecule has 0 aliphatic carbocycles. The van der Waals surface area contributed by atoms with Gasteiger partial charge in [0.05, 0.1) is 0 Å². The molecule has 2 aromatic rings. The van der Waals surface area contributed by atoms with E-state index in [-0.39, 0.29) is 0 Å². The van der Waals surface area contributed by atoms with Gasteiger partial charge in [-0.1, -0.05) is 34.1 Å². The number of aromatic nitrogens is 1. The third-order valence-corrected chi connectivity index (χ3v) is 3.51. The lowest BCUT2D eigenvalue weighted by Gasteiger charge is -2.20.